The Morgan fingerprint density at radius 3 is 2.71 bits per heavy atom. The topological polar surface area (TPSA) is 59.3 Å². The molecule has 1 atom stereocenters. The lowest BCUT2D eigenvalue weighted by Gasteiger charge is -2.13. The van der Waals surface area contributed by atoms with Gasteiger partial charge in [0.1, 0.15) is 0 Å². The van der Waals surface area contributed by atoms with Crippen molar-refractivity contribution in [3.05, 3.63) is 65.6 Å². The second kappa shape index (κ2) is 5.36. The first-order chi connectivity index (χ1) is 10.2. The molecule has 3 aromatic rings. The summed E-state index contributed by atoms with van der Waals surface area (Å²) in [6.45, 7) is 3.83. The van der Waals surface area contributed by atoms with E-state index in [4.69, 9.17) is 0 Å². The Labute approximate surface area is 122 Å². The van der Waals surface area contributed by atoms with Gasteiger partial charge in [-0.3, -0.25) is 9.20 Å². The van der Waals surface area contributed by atoms with Crippen molar-refractivity contribution in [1.82, 2.24) is 19.9 Å². The number of nitrogens with zero attached hydrogens (tertiary/aromatic N) is 3. The third kappa shape index (κ3) is 2.50. The van der Waals surface area contributed by atoms with Gasteiger partial charge >= 0.3 is 0 Å². The molecule has 0 aliphatic carbocycles. The third-order valence-electron chi connectivity index (χ3n) is 3.46. The second-order valence-electron chi connectivity index (χ2n) is 5.00. The lowest BCUT2D eigenvalue weighted by atomic mass is 10.1. The zero-order chi connectivity index (χ0) is 14.8. The van der Waals surface area contributed by atoms with E-state index in [0.29, 0.717) is 11.4 Å². The first kappa shape index (κ1) is 13.3. The summed E-state index contributed by atoms with van der Waals surface area (Å²) in [5.74, 6) is 0.612. The average molecular weight is 280 g/mol. The standard InChI is InChI=1S/C16H16N4O/c1-11-7-3-4-8-13(11)16(21)17-12(2)15-19-18-14-9-5-6-10-20(14)15/h3-10,12H,1-2H3,(H,17,21). The van der Waals surface area contributed by atoms with Gasteiger partial charge in [-0.15, -0.1) is 10.2 Å². The monoisotopic (exact) mass is 280 g/mol. The number of aryl methyl sites for hydroxylation is 1. The minimum absolute atomic E-state index is 0.103. The number of hydrogen-bond acceptors (Lipinski definition) is 3. The van der Waals surface area contributed by atoms with Gasteiger partial charge in [-0.1, -0.05) is 24.3 Å². The van der Waals surface area contributed by atoms with Crippen LogP contribution in [0.25, 0.3) is 5.65 Å². The molecule has 0 saturated heterocycles. The van der Waals surface area contributed by atoms with Crippen molar-refractivity contribution < 1.29 is 4.79 Å². The molecular weight excluding hydrogens is 264 g/mol. The van der Waals surface area contributed by atoms with Gasteiger partial charge < -0.3 is 5.32 Å². The van der Waals surface area contributed by atoms with Gasteiger partial charge in [-0.05, 0) is 37.6 Å². The lowest BCUT2D eigenvalue weighted by Crippen LogP contribution is -2.28. The predicted molar refractivity (Wildman–Crippen MR) is 80.0 cm³/mol. The van der Waals surface area contributed by atoms with E-state index in [-0.39, 0.29) is 11.9 Å². The first-order valence-corrected chi connectivity index (χ1v) is 6.83. The highest BCUT2D eigenvalue weighted by atomic mass is 16.1. The summed E-state index contributed by atoms with van der Waals surface area (Å²) in [7, 11) is 0. The average Bonchev–Trinajstić information content (AvgIpc) is 2.91. The summed E-state index contributed by atoms with van der Waals surface area (Å²) >= 11 is 0. The van der Waals surface area contributed by atoms with Crippen molar-refractivity contribution in [3.63, 3.8) is 0 Å². The molecule has 1 aromatic carbocycles. The molecule has 1 amide bonds. The van der Waals surface area contributed by atoms with E-state index in [1.54, 1.807) is 0 Å². The van der Waals surface area contributed by atoms with Crippen molar-refractivity contribution in [2.45, 2.75) is 19.9 Å². The van der Waals surface area contributed by atoms with Gasteiger partial charge in [0.25, 0.3) is 5.91 Å². The Balaban J connectivity index is 1.85. The minimum Gasteiger partial charge on any atom is -0.342 e. The van der Waals surface area contributed by atoms with Crippen LogP contribution in [0.3, 0.4) is 0 Å². The van der Waals surface area contributed by atoms with Crippen molar-refractivity contribution in [2.75, 3.05) is 0 Å². The summed E-state index contributed by atoms with van der Waals surface area (Å²) in [4.78, 5) is 12.3. The van der Waals surface area contributed by atoms with Crippen LogP contribution >= 0.6 is 0 Å². The number of nitrogens with one attached hydrogen (secondary N) is 1. The highest BCUT2D eigenvalue weighted by Crippen LogP contribution is 2.14. The number of aromatic nitrogens is 3. The number of fused-ring (bicyclic) bond motifs is 1. The molecule has 5 nitrogen and oxygen atoms in total. The van der Waals surface area contributed by atoms with Gasteiger partial charge in [-0.2, -0.15) is 0 Å². The SMILES string of the molecule is Cc1ccccc1C(=O)NC(C)c1nnc2ccccn12. The molecule has 2 aromatic heterocycles. The number of benzene rings is 1. The predicted octanol–water partition coefficient (Wildman–Crippen LogP) is 2.53. The summed E-state index contributed by atoms with van der Waals surface area (Å²) in [6.07, 6.45) is 1.89. The molecule has 0 radical (unpaired) electrons. The van der Waals surface area contributed by atoms with Gasteiger partial charge in [-0.25, -0.2) is 0 Å². The van der Waals surface area contributed by atoms with Crippen molar-refractivity contribution in [3.8, 4) is 0 Å². The number of hydrogen-bond donors (Lipinski definition) is 1. The summed E-state index contributed by atoms with van der Waals surface area (Å²) < 4.78 is 1.88. The van der Waals surface area contributed by atoms with E-state index in [2.05, 4.69) is 15.5 Å². The fraction of sp³-hybridized carbons (Fsp3) is 0.188. The smallest absolute Gasteiger partial charge is 0.252 e. The van der Waals surface area contributed by atoms with Gasteiger partial charge in [0.2, 0.25) is 0 Å². The van der Waals surface area contributed by atoms with Crippen LogP contribution in [-0.4, -0.2) is 20.5 Å². The Morgan fingerprint density at radius 2 is 1.90 bits per heavy atom. The van der Waals surface area contributed by atoms with Crippen LogP contribution in [-0.2, 0) is 0 Å². The van der Waals surface area contributed by atoms with E-state index in [9.17, 15) is 4.79 Å². The summed E-state index contributed by atoms with van der Waals surface area (Å²) in [6, 6.07) is 13.0. The van der Waals surface area contributed by atoms with Crippen LogP contribution < -0.4 is 5.32 Å². The molecular formula is C16H16N4O. The van der Waals surface area contributed by atoms with Gasteiger partial charge in [0, 0.05) is 11.8 Å². The van der Waals surface area contributed by atoms with E-state index < -0.39 is 0 Å². The van der Waals surface area contributed by atoms with E-state index >= 15 is 0 Å². The molecule has 0 aliphatic rings. The van der Waals surface area contributed by atoms with Gasteiger partial charge in [0.05, 0.1) is 6.04 Å². The lowest BCUT2D eigenvalue weighted by molar-refractivity contribution is 0.0937. The maximum atomic E-state index is 12.3. The highest BCUT2D eigenvalue weighted by Gasteiger charge is 2.17. The van der Waals surface area contributed by atoms with Crippen LogP contribution in [0.1, 0.15) is 34.7 Å². The molecule has 0 aliphatic heterocycles. The number of pyridine rings is 1. The molecule has 0 saturated carbocycles. The van der Waals surface area contributed by atoms with Gasteiger partial charge in [0.15, 0.2) is 11.5 Å². The van der Waals surface area contributed by atoms with Crippen LogP contribution in [0.4, 0.5) is 0 Å². The molecule has 1 unspecified atom stereocenters. The van der Waals surface area contributed by atoms with Crippen LogP contribution in [0.5, 0.6) is 0 Å². The highest BCUT2D eigenvalue weighted by molar-refractivity contribution is 5.95. The summed E-state index contributed by atoms with van der Waals surface area (Å²) in [5, 5.41) is 11.2. The van der Waals surface area contributed by atoms with E-state index in [0.717, 1.165) is 11.2 Å². The largest absolute Gasteiger partial charge is 0.342 e. The zero-order valence-corrected chi connectivity index (χ0v) is 11.9. The molecule has 0 fully saturated rings. The maximum absolute atomic E-state index is 12.3. The molecule has 5 heteroatoms. The Morgan fingerprint density at radius 1 is 1.14 bits per heavy atom. The van der Waals surface area contributed by atoms with Crippen molar-refractivity contribution >= 4 is 11.6 Å². The quantitative estimate of drug-likeness (QED) is 0.802. The van der Waals surface area contributed by atoms with E-state index in [1.807, 2.05) is 66.9 Å². The Bertz CT molecular complexity index is 794. The zero-order valence-electron chi connectivity index (χ0n) is 11.9. The van der Waals surface area contributed by atoms with E-state index in [1.165, 1.54) is 0 Å². The molecule has 1 N–H and O–H groups in total. The van der Waals surface area contributed by atoms with Crippen molar-refractivity contribution in [2.24, 2.45) is 0 Å². The van der Waals surface area contributed by atoms with Crippen LogP contribution in [0, 0.1) is 6.92 Å². The fourth-order valence-corrected chi connectivity index (χ4v) is 2.32. The fourth-order valence-electron chi connectivity index (χ4n) is 2.32. The van der Waals surface area contributed by atoms with Crippen LogP contribution in [0.2, 0.25) is 0 Å². The first-order valence-electron chi connectivity index (χ1n) is 6.83. The number of amides is 1. The molecule has 0 bridgehead atoms. The third-order valence-corrected chi connectivity index (χ3v) is 3.46. The molecule has 0 spiro atoms. The summed E-state index contributed by atoms with van der Waals surface area (Å²) in [5.41, 5.74) is 2.40. The normalized spacial score (nSPS) is 12.3. The minimum atomic E-state index is -0.227. The van der Waals surface area contributed by atoms with Crippen molar-refractivity contribution in [1.29, 1.82) is 0 Å². The molecule has 106 valence electrons. The van der Waals surface area contributed by atoms with Crippen LogP contribution in [0.15, 0.2) is 48.7 Å². The number of carbonyl (C=O) groups excluding carboxylic acids is 1. The maximum Gasteiger partial charge on any atom is 0.252 e. The molecule has 2 heterocycles. The number of carbonyl (C=O) groups is 1. The Kier molecular flexibility index (Phi) is 3.39. The number of rotatable bonds is 3. The molecule has 3 rings (SSSR count). The second-order valence-corrected chi connectivity index (χ2v) is 5.00. The Hall–Kier alpha value is -2.69. The molecule has 21 heavy (non-hydrogen) atoms.